The second-order valence-electron chi connectivity index (χ2n) is 10.4. The van der Waals surface area contributed by atoms with Gasteiger partial charge in [-0.1, -0.05) is 43.3 Å². The summed E-state index contributed by atoms with van der Waals surface area (Å²) in [5.41, 5.74) is 4.38. The molecule has 1 aromatic heterocycles. The van der Waals surface area contributed by atoms with Crippen LogP contribution in [0.25, 0.3) is 10.9 Å². The summed E-state index contributed by atoms with van der Waals surface area (Å²) < 4.78 is 0. The molecular weight excluding hydrogens is 502 g/mol. The van der Waals surface area contributed by atoms with Gasteiger partial charge < -0.3 is 25.6 Å². The second kappa shape index (κ2) is 11.8. The molecule has 4 aromatic rings. The van der Waals surface area contributed by atoms with Crippen molar-refractivity contribution in [2.45, 2.75) is 39.3 Å². The zero-order valence-electron chi connectivity index (χ0n) is 23.1. The van der Waals surface area contributed by atoms with Crippen LogP contribution in [0.15, 0.2) is 77.8 Å². The average Bonchev–Trinajstić information content (AvgIpc) is 3.29. The summed E-state index contributed by atoms with van der Waals surface area (Å²) in [6.07, 6.45) is 0.849. The summed E-state index contributed by atoms with van der Waals surface area (Å²) in [5, 5.41) is 18.1. The first-order valence-corrected chi connectivity index (χ1v) is 13.8. The van der Waals surface area contributed by atoms with Gasteiger partial charge in [0.15, 0.2) is 5.88 Å². The third-order valence-corrected chi connectivity index (χ3v) is 7.06. The third kappa shape index (κ3) is 5.77. The highest BCUT2D eigenvalue weighted by atomic mass is 16.3. The lowest BCUT2D eigenvalue weighted by Crippen LogP contribution is -2.55. The van der Waals surface area contributed by atoms with Crippen LogP contribution in [-0.4, -0.2) is 64.2 Å². The Balaban J connectivity index is 1.50. The van der Waals surface area contributed by atoms with E-state index in [1.807, 2.05) is 60.4 Å². The fourth-order valence-electron chi connectivity index (χ4n) is 5.25. The molecule has 2 atom stereocenters. The van der Waals surface area contributed by atoms with Crippen molar-refractivity contribution >= 4 is 34.1 Å². The van der Waals surface area contributed by atoms with Gasteiger partial charge in [0.2, 0.25) is 0 Å². The van der Waals surface area contributed by atoms with Crippen LogP contribution in [-0.2, 0) is 0 Å². The monoisotopic (exact) mass is 537 g/mol. The van der Waals surface area contributed by atoms with Gasteiger partial charge in [0, 0.05) is 59.3 Å². The topological polar surface area (TPSA) is 110 Å². The number of aromatic hydroxyl groups is 1. The van der Waals surface area contributed by atoms with Gasteiger partial charge in [-0.05, 0) is 56.7 Å². The number of nitrogens with zero attached hydrogens (tertiary/aromatic N) is 2. The molecule has 0 aliphatic carbocycles. The SMILES string of the molecule is CCCNC(=O)c1ccc2c(C(=Nc3ccc(C(=O)N4C[C@@H](C)N[C@@H](C)C4)cc3)c3ccccc3)c(O)[nH]c2c1. The van der Waals surface area contributed by atoms with Crippen molar-refractivity contribution in [2.75, 3.05) is 19.6 Å². The second-order valence-corrected chi connectivity index (χ2v) is 10.4. The molecule has 0 spiro atoms. The molecule has 5 rings (SSSR count). The minimum absolute atomic E-state index is 0.00654. The third-order valence-electron chi connectivity index (χ3n) is 7.06. The molecule has 3 aromatic carbocycles. The number of carbonyl (C=O) groups is 2. The van der Waals surface area contributed by atoms with Gasteiger partial charge in [-0.15, -0.1) is 0 Å². The number of rotatable bonds is 7. The van der Waals surface area contributed by atoms with E-state index in [9.17, 15) is 14.7 Å². The summed E-state index contributed by atoms with van der Waals surface area (Å²) in [5.74, 6) is -0.180. The van der Waals surface area contributed by atoms with Crippen LogP contribution in [0.2, 0.25) is 0 Å². The van der Waals surface area contributed by atoms with Crippen molar-refractivity contribution in [3.63, 3.8) is 0 Å². The maximum Gasteiger partial charge on any atom is 0.253 e. The van der Waals surface area contributed by atoms with Gasteiger partial charge in [-0.2, -0.15) is 0 Å². The maximum absolute atomic E-state index is 13.2. The van der Waals surface area contributed by atoms with E-state index >= 15 is 0 Å². The number of H-pyrrole nitrogens is 1. The van der Waals surface area contributed by atoms with Gasteiger partial charge in [0.1, 0.15) is 0 Å². The molecule has 2 amide bonds. The molecule has 0 saturated carbocycles. The minimum atomic E-state index is -0.157. The first-order chi connectivity index (χ1) is 19.3. The maximum atomic E-state index is 13.2. The average molecular weight is 538 g/mol. The number of hydrogen-bond acceptors (Lipinski definition) is 5. The number of aliphatic imine (C=N–C) groups is 1. The van der Waals surface area contributed by atoms with Crippen molar-refractivity contribution in [3.8, 4) is 5.88 Å². The van der Waals surface area contributed by atoms with E-state index in [4.69, 9.17) is 4.99 Å². The molecule has 206 valence electrons. The zero-order valence-corrected chi connectivity index (χ0v) is 23.1. The summed E-state index contributed by atoms with van der Waals surface area (Å²) in [6, 6.07) is 22.7. The molecule has 4 N–H and O–H groups in total. The van der Waals surface area contributed by atoms with Crippen LogP contribution in [0, 0.1) is 0 Å². The molecule has 0 bridgehead atoms. The van der Waals surface area contributed by atoms with Crippen LogP contribution < -0.4 is 10.6 Å². The smallest absolute Gasteiger partial charge is 0.253 e. The van der Waals surface area contributed by atoms with Gasteiger partial charge in [0.05, 0.1) is 17.0 Å². The van der Waals surface area contributed by atoms with Crippen LogP contribution in [0.1, 0.15) is 59.0 Å². The molecule has 0 radical (unpaired) electrons. The van der Waals surface area contributed by atoms with E-state index in [1.54, 1.807) is 24.3 Å². The Bertz CT molecular complexity index is 1530. The lowest BCUT2D eigenvalue weighted by molar-refractivity contribution is 0.0673. The van der Waals surface area contributed by atoms with Crippen molar-refractivity contribution in [1.82, 2.24) is 20.5 Å². The molecule has 1 aliphatic rings. The summed E-state index contributed by atoms with van der Waals surface area (Å²) in [6.45, 7) is 8.11. The lowest BCUT2D eigenvalue weighted by atomic mass is 10.00. The number of benzene rings is 3. The molecule has 2 heterocycles. The van der Waals surface area contributed by atoms with Gasteiger partial charge in [0.25, 0.3) is 11.8 Å². The van der Waals surface area contributed by atoms with Crippen LogP contribution in [0.4, 0.5) is 5.69 Å². The number of hydrogen-bond donors (Lipinski definition) is 4. The predicted molar refractivity (Wildman–Crippen MR) is 159 cm³/mol. The highest BCUT2D eigenvalue weighted by molar-refractivity contribution is 6.22. The van der Waals surface area contributed by atoms with E-state index in [1.165, 1.54) is 0 Å². The number of aromatic amines is 1. The Labute approximate surface area is 234 Å². The van der Waals surface area contributed by atoms with Gasteiger partial charge >= 0.3 is 0 Å². The van der Waals surface area contributed by atoms with Crippen molar-refractivity contribution in [3.05, 3.63) is 95.1 Å². The number of aromatic nitrogens is 1. The van der Waals surface area contributed by atoms with E-state index in [0.29, 0.717) is 53.2 Å². The molecular formula is C32H35N5O3. The molecule has 8 nitrogen and oxygen atoms in total. The first-order valence-electron chi connectivity index (χ1n) is 13.8. The quantitative estimate of drug-likeness (QED) is 0.249. The molecule has 1 saturated heterocycles. The van der Waals surface area contributed by atoms with E-state index in [-0.39, 0.29) is 29.8 Å². The fourth-order valence-corrected chi connectivity index (χ4v) is 5.25. The Morgan fingerprint density at radius 2 is 1.62 bits per heavy atom. The standard InChI is InChI=1S/C32H35N5O3/c1-4-16-33-30(38)24-12-15-26-27(17-24)36-31(39)28(26)29(22-8-6-5-7-9-22)35-25-13-10-23(11-14-25)32(40)37-18-20(2)34-21(3)19-37/h5-15,17,20-21,34,36,39H,4,16,18-19H2,1-3H3,(H,33,38)/t20-,21+. The van der Waals surface area contributed by atoms with Crippen LogP contribution in [0.5, 0.6) is 5.88 Å². The van der Waals surface area contributed by atoms with E-state index in [0.717, 1.165) is 17.4 Å². The fraction of sp³-hybridized carbons (Fsp3) is 0.281. The number of amides is 2. The summed E-state index contributed by atoms with van der Waals surface area (Å²) >= 11 is 0. The van der Waals surface area contributed by atoms with Crippen LogP contribution in [0.3, 0.4) is 0 Å². The molecule has 1 fully saturated rings. The molecule has 0 unspecified atom stereocenters. The summed E-state index contributed by atoms with van der Waals surface area (Å²) in [4.78, 5) is 35.5. The normalized spacial score (nSPS) is 17.7. The van der Waals surface area contributed by atoms with Crippen molar-refractivity contribution in [1.29, 1.82) is 0 Å². The Hall–Kier alpha value is -4.43. The van der Waals surface area contributed by atoms with E-state index < -0.39 is 0 Å². The van der Waals surface area contributed by atoms with E-state index in [2.05, 4.69) is 29.5 Å². The van der Waals surface area contributed by atoms with Gasteiger partial charge in [-0.25, -0.2) is 4.99 Å². The van der Waals surface area contributed by atoms with Crippen LogP contribution >= 0.6 is 0 Å². The predicted octanol–water partition coefficient (Wildman–Crippen LogP) is 5.00. The number of fused-ring (bicyclic) bond motifs is 1. The largest absolute Gasteiger partial charge is 0.494 e. The first kappa shape index (κ1) is 27.1. The summed E-state index contributed by atoms with van der Waals surface area (Å²) in [7, 11) is 0. The highest BCUT2D eigenvalue weighted by Crippen LogP contribution is 2.32. The molecule has 1 aliphatic heterocycles. The molecule has 40 heavy (non-hydrogen) atoms. The zero-order chi connectivity index (χ0) is 28.2. The van der Waals surface area contributed by atoms with Gasteiger partial charge in [-0.3, -0.25) is 9.59 Å². The van der Waals surface area contributed by atoms with Crippen molar-refractivity contribution in [2.24, 2.45) is 4.99 Å². The Morgan fingerprint density at radius 3 is 2.30 bits per heavy atom. The van der Waals surface area contributed by atoms with Crippen molar-refractivity contribution < 1.29 is 14.7 Å². The lowest BCUT2D eigenvalue weighted by Gasteiger charge is -2.36. The molecule has 8 heteroatoms. The minimum Gasteiger partial charge on any atom is -0.494 e. The highest BCUT2D eigenvalue weighted by Gasteiger charge is 2.25. The number of piperazine rings is 1. The number of nitrogens with one attached hydrogen (secondary N) is 3. The Morgan fingerprint density at radius 1 is 0.950 bits per heavy atom. The Kier molecular flexibility index (Phi) is 7.98. The number of carbonyl (C=O) groups excluding carboxylic acids is 2.